The molecule has 2 N–H and O–H groups in total. The Hall–Kier alpha value is -2.09. The zero-order chi connectivity index (χ0) is 23.6. The van der Waals surface area contributed by atoms with Crippen molar-refractivity contribution in [1.29, 1.82) is 0 Å². The first-order chi connectivity index (χ1) is 15.8. The molecule has 7 nitrogen and oxygen atoms in total. The smallest absolute Gasteiger partial charge is 0.325 e. The lowest BCUT2D eigenvalue weighted by Crippen LogP contribution is -2.55. The van der Waals surface area contributed by atoms with Crippen LogP contribution in [0, 0.1) is 5.92 Å². The molecule has 0 aromatic heterocycles. The molecule has 0 amide bonds. The van der Waals surface area contributed by atoms with Crippen LogP contribution in [-0.2, 0) is 23.7 Å². The van der Waals surface area contributed by atoms with Crippen LogP contribution in [0.15, 0.2) is 35.9 Å². The molecule has 3 fully saturated rings. The molecule has 33 heavy (non-hydrogen) atoms. The van der Waals surface area contributed by atoms with E-state index in [1.54, 1.807) is 7.11 Å². The highest BCUT2D eigenvalue weighted by molar-refractivity contribution is 5.75. The molecule has 0 bridgehead atoms. The topological polar surface area (TPSA) is 84.7 Å². The van der Waals surface area contributed by atoms with Gasteiger partial charge in [-0.15, -0.1) is 0 Å². The zero-order valence-electron chi connectivity index (χ0n) is 20.5. The van der Waals surface area contributed by atoms with Gasteiger partial charge in [0.15, 0.2) is 0 Å². The van der Waals surface area contributed by atoms with E-state index in [0.29, 0.717) is 0 Å². The number of hydrogen-bond donors (Lipinski definition) is 2. The SMILES string of the molecule is CCNc1ccc(NCC(=O)O[C@@H]2CC[C@]3(CO3)[C@@H]([C@]3(C)O[C@@H]3CC=C(C)C)[C@@H]2OC)cc1. The van der Waals surface area contributed by atoms with Gasteiger partial charge in [0.05, 0.1) is 18.6 Å². The van der Waals surface area contributed by atoms with Gasteiger partial charge in [0.1, 0.15) is 30.0 Å². The molecule has 6 atom stereocenters. The van der Waals surface area contributed by atoms with Gasteiger partial charge in [-0.1, -0.05) is 11.6 Å². The minimum atomic E-state index is -0.333. The average Bonchev–Trinajstić information content (AvgIpc) is 3.70. The second-order valence-electron chi connectivity index (χ2n) is 9.87. The fourth-order valence-electron chi connectivity index (χ4n) is 5.37. The van der Waals surface area contributed by atoms with Crippen molar-refractivity contribution in [3.8, 4) is 0 Å². The summed E-state index contributed by atoms with van der Waals surface area (Å²) in [5.41, 5.74) is 2.67. The lowest BCUT2D eigenvalue weighted by atomic mass is 9.68. The van der Waals surface area contributed by atoms with Crippen LogP contribution in [0.2, 0.25) is 0 Å². The monoisotopic (exact) mass is 458 g/mol. The van der Waals surface area contributed by atoms with Gasteiger partial charge >= 0.3 is 5.97 Å². The third-order valence-corrected chi connectivity index (χ3v) is 7.22. The molecule has 1 saturated carbocycles. The summed E-state index contributed by atoms with van der Waals surface area (Å²) in [5, 5.41) is 6.41. The molecular weight excluding hydrogens is 420 g/mol. The Bertz CT molecular complexity index is 862. The third kappa shape index (κ3) is 5.20. The quantitative estimate of drug-likeness (QED) is 0.309. The Kier molecular flexibility index (Phi) is 7.03. The highest BCUT2D eigenvalue weighted by Gasteiger charge is 2.72. The summed E-state index contributed by atoms with van der Waals surface area (Å²) in [4.78, 5) is 12.7. The van der Waals surface area contributed by atoms with Crippen molar-refractivity contribution in [3.63, 3.8) is 0 Å². The number of esters is 1. The lowest BCUT2D eigenvalue weighted by Gasteiger charge is -2.42. The molecule has 182 valence electrons. The van der Waals surface area contributed by atoms with E-state index in [1.165, 1.54) is 5.57 Å². The van der Waals surface area contributed by atoms with E-state index in [9.17, 15) is 4.79 Å². The third-order valence-electron chi connectivity index (χ3n) is 7.22. The first-order valence-corrected chi connectivity index (χ1v) is 12.1. The zero-order valence-corrected chi connectivity index (χ0v) is 20.5. The number of nitrogens with one attached hydrogen (secondary N) is 2. The van der Waals surface area contributed by atoms with Crippen LogP contribution in [0.1, 0.15) is 47.0 Å². The van der Waals surface area contributed by atoms with Gasteiger partial charge in [-0.25, -0.2) is 0 Å². The Balaban J connectivity index is 1.37. The van der Waals surface area contributed by atoms with E-state index in [1.807, 2.05) is 24.3 Å². The van der Waals surface area contributed by atoms with Gasteiger partial charge in [-0.2, -0.15) is 0 Å². The predicted octanol–water partition coefficient (Wildman–Crippen LogP) is 4.15. The summed E-state index contributed by atoms with van der Waals surface area (Å²) in [6.45, 7) is 10.1. The van der Waals surface area contributed by atoms with Gasteiger partial charge < -0.3 is 29.6 Å². The van der Waals surface area contributed by atoms with Gasteiger partial charge in [0, 0.05) is 25.0 Å². The van der Waals surface area contributed by atoms with Crippen molar-refractivity contribution >= 4 is 17.3 Å². The number of hydrogen-bond acceptors (Lipinski definition) is 7. The van der Waals surface area contributed by atoms with Crippen LogP contribution in [0.4, 0.5) is 11.4 Å². The molecule has 1 aliphatic carbocycles. The number of epoxide rings is 2. The van der Waals surface area contributed by atoms with Gasteiger partial charge in [-0.05, 0) is 71.2 Å². The standard InChI is InChI=1S/C26H38N2O5/c1-6-27-18-8-10-19(11-9-18)28-15-22(29)32-20-13-14-26(16-31-26)24(23(20)30-5)25(4)21(33-25)12-7-17(2)3/h7-11,20-21,23-24,27-28H,6,12-16H2,1-5H3/t20-,21-,23-,24-,25-,26+/m1/s1. The van der Waals surface area contributed by atoms with Gasteiger partial charge in [-0.3, -0.25) is 4.79 Å². The predicted molar refractivity (Wildman–Crippen MR) is 129 cm³/mol. The number of carbonyl (C=O) groups is 1. The summed E-state index contributed by atoms with van der Waals surface area (Å²) in [6, 6.07) is 7.87. The van der Waals surface area contributed by atoms with Crippen LogP contribution >= 0.6 is 0 Å². The molecule has 2 heterocycles. The Morgan fingerprint density at radius 2 is 1.88 bits per heavy atom. The molecule has 2 saturated heterocycles. The second kappa shape index (κ2) is 9.65. The van der Waals surface area contributed by atoms with Crippen LogP contribution in [-0.4, -0.2) is 62.3 Å². The number of benzene rings is 1. The second-order valence-corrected chi connectivity index (χ2v) is 9.87. The van der Waals surface area contributed by atoms with Gasteiger partial charge in [0.25, 0.3) is 0 Å². The van der Waals surface area contributed by atoms with Gasteiger partial charge in [0.2, 0.25) is 0 Å². The number of allylic oxidation sites excluding steroid dienone is 1. The maximum absolute atomic E-state index is 12.7. The van der Waals surface area contributed by atoms with Crippen molar-refractivity contribution in [2.45, 2.75) is 76.5 Å². The Labute approximate surface area is 197 Å². The first-order valence-electron chi connectivity index (χ1n) is 12.1. The van der Waals surface area contributed by atoms with E-state index >= 15 is 0 Å². The number of carbonyl (C=O) groups excluding carboxylic acids is 1. The van der Waals surface area contributed by atoms with Crippen molar-refractivity contribution in [1.82, 2.24) is 0 Å². The minimum Gasteiger partial charge on any atom is -0.458 e. The van der Waals surface area contributed by atoms with Crippen LogP contribution < -0.4 is 10.6 Å². The molecular formula is C26H38N2O5. The Morgan fingerprint density at radius 3 is 2.45 bits per heavy atom. The number of rotatable bonds is 10. The summed E-state index contributed by atoms with van der Waals surface area (Å²) in [6.07, 6.45) is 4.24. The summed E-state index contributed by atoms with van der Waals surface area (Å²) in [7, 11) is 1.70. The summed E-state index contributed by atoms with van der Waals surface area (Å²) < 4.78 is 24.1. The number of anilines is 2. The van der Waals surface area contributed by atoms with E-state index < -0.39 is 0 Å². The normalized spacial score (nSPS) is 34.5. The highest BCUT2D eigenvalue weighted by Crippen LogP contribution is 2.59. The number of methoxy groups -OCH3 is 1. The van der Waals surface area contributed by atoms with E-state index in [2.05, 4.69) is 44.4 Å². The maximum Gasteiger partial charge on any atom is 0.325 e. The van der Waals surface area contributed by atoms with E-state index in [-0.39, 0.29) is 47.9 Å². The summed E-state index contributed by atoms with van der Waals surface area (Å²) >= 11 is 0. The molecule has 2 aliphatic heterocycles. The fraction of sp³-hybridized carbons (Fsp3) is 0.654. The minimum absolute atomic E-state index is 0.0312. The fourth-order valence-corrected chi connectivity index (χ4v) is 5.37. The molecule has 7 heteroatoms. The first kappa shape index (κ1) is 24.0. The largest absolute Gasteiger partial charge is 0.458 e. The van der Waals surface area contributed by atoms with Crippen molar-refractivity contribution < 1.29 is 23.7 Å². The molecule has 1 aromatic rings. The van der Waals surface area contributed by atoms with E-state index in [4.69, 9.17) is 18.9 Å². The molecule has 4 rings (SSSR count). The van der Waals surface area contributed by atoms with Crippen molar-refractivity contribution in [2.24, 2.45) is 5.92 Å². The average molecular weight is 459 g/mol. The number of ether oxygens (including phenoxy) is 4. The maximum atomic E-state index is 12.7. The summed E-state index contributed by atoms with van der Waals surface area (Å²) in [5.74, 6) is -0.254. The lowest BCUT2D eigenvalue weighted by molar-refractivity contribution is -0.170. The van der Waals surface area contributed by atoms with Crippen molar-refractivity contribution in [2.75, 3.05) is 37.4 Å². The molecule has 1 aromatic carbocycles. The Morgan fingerprint density at radius 1 is 1.21 bits per heavy atom. The van der Waals surface area contributed by atoms with Crippen LogP contribution in [0.3, 0.4) is 0 Å². The molecule has 0 unspecified atom stereocenters. The highest BCUT2D eigenvalue weighted by atomic mass is 16.6. The molecule has 3 aliphatic rings. The van der Waals surface area contributed by atoms with E-state index in [0.717, 1.165) is 43.8 Å². The van der Waals surface area contributed by atoms with Crippen LogP contribution in [0.5, 0.6) is 0 Å². The van der Waals surface area contributed by atoms with Crippen LogP contribution in [0.25, 0.3) is 0 Å². The molecule has 1 spiro atoms. The van der Waals surface area contributed by atoms with Crippen molar-refractivity contribution in [3.05, 3.63) is 35.9 Å². The molecule has 0 radical (unpaired) electrons.